The molecule has 4 nitrogen and oxygen atoms in total. The highest BCUT2D eigenvalue weighted by Gasteiger charge is 2.60. The van der Waals surface area contributed by atoms with Crippen LogP contribution < -0.4 is 5.32 Å². The van der Waals surface area contributed by atoms with Crippen molar-refractivity contribution in [3.63, 3.8) is 0 Å². The summed E-state index contributed by atoms with van der Waals surface area (Å²) in [5, 5.41) is 3.02. The molecule has 118 valence electrons. The molecule has 1 aliphatic heterocycles. The van der Waals surface area contributed by atoms with Crippen LogP contribution in [0.5, 0.6) is 0 Å². The van der Waals surface area contributed by atoms with Crippen LogP contribution in [0.1, 0.15) is 46.0 Å². The monoisotopic (exact) mass is 301 g/mol. The van der Waals surface area contributed by atoms with Crippen LogP contribution in [0.15, 0.2) is 11.6 Å². The topological polar surface area (TPSA) is 63.2 Å². The average Bonchev–Trinajstić information content (AvgIpc) is 2.77. The quantitative estimate of drug-likeness (QED) is 0.744. The number of Topliss-reactive ketones (excluding diaryl/α,β-unsaturated/α-hetero) is 1. The minimum atomic E-state index is -0.302. The van der Waals surface area contributed by atoms with E-state index in [1.165, 1.54) is 0 Å². The van der Waals surface area contributed by atoms with E-state index in [1.54, 1.807) is 6.08 Å². The molecular weight excluding hydrogens is 278 g/mol. The second kappa shape index (κ2) is 4.30. The van der Waals surface area contributed by atoms with E-state index in [4.69, 9.17) is 0 Å². The van der Waals surface area contributed by atoms with Gasteiger partial charge >= 0.3 is 0 Å². The zero-order valence-electron chi connectivity index (χ0n) is 13.3. The Balaban J connectivity index is 1.76. The number of allylic oxidation sites excluding steroid dienone is 2. The minimum absolute atomic E-state index is 0.0950. The first kappa shape index (κ1) is 14.2. The Labute approximate surface area is 130 Å². The minimum Gasteiger partial charge on any atom is -0.355 e. The van der Waals surface area contributed by atoms with Gasteiger partial charge in [0.1, 0.15) is 0 Å². The van der Waals surface area contributed by atoms with Crippen LogP contribution in [0.4, 0.5) is 0 Å². The number of fused-ring (bicyclic) bond motifs is 5. The Kier molecular flexibility index (Phi) is 2.77. The van der Waals surface area contributed by atoms with E-state index in [-0.39, 0.29) is 40.1 Å². The van der Waals surface area contributed by atoms with Gasteiger partial charge in [-0.05, 0) is 48.5 Å². The SMILES string of the molecule is C[C@]12CCC(=O)C=C1C(=O)C[C@@H]1[C@@H]2CC[C@]2(C)C(=O)NC[C@@H]12. The molecule has 1 saturated heterocycles. The van der Waals surface area contributed by atoms with E-state index >= 15 is 0 Å². The fourth-order valence-corrected chi connectivity index (χ4v) is 5.77. The molecule has 0 aromatic heterocycles. The number of hydrogen-bond donors (Lipinski definition) is 1. The molecule has 1 N–H and O–H groups in total. The van der Waals surface area contributed by atoms with Crippen LogP contribution in [0, 0.1) is 28.6 Å². The van der Waals surface area contributed by atoms with E-state index in [9.17, 15) is 14.4 Å². The van der Waals surface area contributed by atoms with Crippen LogP contribution >= 0.6 is 0 Å². The van der Waals surface area contributed by atoms with Crippen LogP contribution in [0.25, 0.3) is 0 Å². The molecule has 22 heavy (non-hydrogen) atoms. The van der Waals surface area contributed by atoms with Gasteiger partial charge in [0.25, 0.3) is 0 Å². The van der Waals surface area contributed by atoms with E-state index in [1.807, 2.05) is 0 Å². The molecule has 0 unspecified atom stereocenters. The van der Waals surface area contributed by atoms with Crippen LogP contribution in [0.3, 0.4) is 0 Å². The zero-order chi connectivity index (χ0) is 15.7. The maximum absolute atomic E-state index is 12.7. The first-order valence-corrected chi connectivity index (χ1v) is 8.43. The summed E-state index contributed by atoms with van der Waals surface area (Å²) in [7, 11) is 0. The Hall–Kier alpha value is -1.45. The van der Waals surface area contributed by atoms with Crippen LogP contribution in [-0.2, 0) is 14.4 Å². The lowest BCUT2D eigenvalue weighted by Gasteiger charge is -2.55. The van der Waals surface area contributed by atoms with E-state index in [0.29, 0.717) is 25.3 Å². The molecule has 0 radical (unpaired) electrons. The van der Waals surface area contributed by atoms with Gasteiger partial charge in [-0.2, -0.15) is 0 Å². The Morgan fingerprint density at radius 1 is 1.09 bits per heavy atom. The zero-order valence-corrected chi connectivity index (χ0v) is 13.3. The molecule has 1 heterocycles. The van der Waals surface area contributed by atoms with Crippen molar-refractivity contribution in [3.05, 3.63) is 11.6 Å². The third kappa shape index (κ3) is 1.61. The number of ketones is 2. The van der Waals surface area contributed by atoms with Crippen molar-refractivity contribution in [2.75, 3.05) is 6.54 Å². The molecule has 4 rings (SSSR count). The van der Waals surface area contributed by atoms with Gasteiger partial charge in [-0.25, -0.2) is 0 Å². The van der Waals surface area contributed by atoms with Gasteiger partial charge in [0, 0.05) is 25.0 Å². The van der Waals surface area contributed by atoms with Gasteiger partial charge in [0.2, 0.25) is 5.91 Å². The number of hydrogen-bond acceptors (Lipinski definition) is 3. The predicted molar refractivity (Wildman–Crippen MR) is 80.9 cm³/mol. The molecule has 2 saturated carbocycles. The van der Waals surface area contributed by atoms with Gasteiger partial charge < -0.3 is 5.32 Å². The highest BCUT2D eigenvalue weighted by molar-refractivity contribution is 6.06. The average molecular weight is 301 g/mol. The largest absolute Gasteiger partial charge is 0.355 e. The van der Waals surface area contributed by atoms with Gasteiger partial charge in [-0.1, -0.05) is 13.8 Å². The van der Waals surface area contributed by atoms with Crippen molar-refractivity contribution in [1.29, 1.82) is 0 Å². The van der Waals surface area contributed by atoms with E-state index in [2.05, 4.69) is 19.2 Å². The summed E-state index contributed by atoms with van der Waals surface area (Å²) in [4.78, 5) is 36.7. The van der Waals surface area contributed by atoms with Gasteiger partial charge in [0.15, 0.2) is 11.6 Å². The van der Waals surface area contributed by atoms with Crippen molar-refractivity contribution in [3.8, 4) is 0 Å². The molecular formula is C18H23NO3. The molecule has 4 aliphatic rings. The fraction of sp³-hybridized carbons (Fsp3) is 0.722. The standard InChI is InChI=1S/C18H23NO3/c1-17-5-3-10(20)7-13(17)15(21)8-11-12(17)4-6-18(2)14(11)9-19-16(18)22/h7,11-12,14H,3-6,8-9H2,1-2H3,(H,19,22)/t11-,12+,14+,17-,18+/m1/s1. The molecule has 0 spiro atoms. The fourth-order valence-electron chi connectivity index (χ4n) is 5.77. The van der Waals surface area contributed by atoms with Crippen molar-refractivity contribution in [2.24, 2.45) is 28.6 Å². The Morgan fingerprint density at radius 2 is 1.86 bits per heavy atom. The van der Waals surface area contributed by atoms with Gasteiger partial charge in [0.05, 0.1) is 5.41 Å². The van der Waals surface area contributed by atoms with Gasteiger partial charge in [-0.15, -0.1) is 0 Å². The summed E-state index contributed by atoms with van der Waals surface area (Å²) in [6.45, 7) is 4.95. The maximum atomic E-state index is 12.7. The summed E-state index contributed by atoms with van der Waals surface area (Å²) >= 11 is 0. The number of rotatable bonds is 0. The highest BCUT2D eigenvalue weighted by Crippen LogP contribution is 2.61. The second-order valence-corrected chi connectivity index (χ2v) is 8.11. The smallest absolute Gasteiger partial charge is 0.226 e. The van der Waals surface area contributed by atoms with Crippen molar-refractivity contribution in [1.82, 2.24) is 5.32 Å². The first-order chi connectivity index (χ1) is 10.4. The van der Waals surface area contributed by atoms with E-state index in [0.717, 1.165) is 24.8 Å². The lowest BCUT2D eigenvalue weighted by atomic mass is 9.47. The van der Waals surface area contributed by atoms with Crippen LogP contribution in [-0.4, -0.2) is 24.0 Å². The summed E-state index contributed by atoms with van der Waals surface area (Å²) in [6, 6.07) is 0. The summed E-state index contributed by atoms with van der Waals surface area (Å²) in [5.74, 6) is 1.36. The Bertz CT molecular complexity index is 622. The third-order valence-electron chi connectivity index (χ3n) is 7.18. The predicted octanol–water partition coefficient (Wildman–Crippen LogP) is 2.03. The summed E-state index contributed by atoms with van der Waals surface area (Å²) < 4.78 is 0. The summed E-state index contributed by atoms with van der Waals surface area (Å²) in [5.41, 5.74) is 0.301. The summed E-state index contributed by atoms with van der Waals surface area (Å²) in [6.07, 6.45) is 5.35. The lowest BCUT2D eigenvalue weighted by Crippen LogP contribution is -2.53. The number of amides is 1. The molecule has 0 aromatic carbocycles. The molecule has 3 fully saturated rings. The number of carbonyl (C=O) groups is 3. The number of carbonyl (C=O) groups excluding carboxylic acids is 3. The molecule has 0 bridgehead atoms. The molecule has 5 atom stereocenters. The Morgan fingerprint density at radius 3 is 2.64 bits per heavy atom. The maximum Gasteiger partial charge on any atom is 0.226 e. The molecule has 0 aromatic rings. The van der Waals surface area contributed by atoms with Crippen molar-refractivity contribution >= 4 is 17.5 Å². The first-order valence-electron chi connectivity index (χ1n) is 8.43. The highest BCUT2D eigenvalue weighted by atomic mass is 16.2. The number of nitrogens with one attached hydrogen (secondary N) is 1. The normalized spacial score (nSPS) is 47.3. The van der Waals surface area contributed by atoms with E-state index < -0.39 is 0 Å². The molecule has 1 amide bonds. The molecule has 3 aliphatic carbocycles. The van der Waals surface area contributed by atoms with Crippen LogP contribution in [0.2, 0.25) is 0 Å². The molecule has 4 heteroatoms. The lowest BCUT2D eigenvalue weighted by molar-refractivity contribution is -0.138. The van der Waals surface area contributed by atoms with Crippen molar-refractivity contribution < 1.29 is 14.4 Å². The van der Waals surface area contributed by atoms with Gasteiger partial charge in [-0.3, -0.25) is 14.4 Å². The third-order valence-corrected chi connectivity index (χ3v) is 7.18. The van der Waals surface area contributed by atoms with Crippen molar-refractivity contribution in [2.45, 2.75) is 46.0 Å². The second-order valence-electron chi connectivity index (χ2n) is 8.11.